The number of aryl methyl sites for hydroxylation is 1. The summed E-state index contributed by atoms with van der Waals surface area (Å²) in [5.74, 6) is -0.104. The minimum absolute atomic E-state index is 0.104. The molecule has 1 aromatic carbocycles. The highest BCUT2D eigenvalue weighted by Crippen LogP contribution is 2.32. The normalized spacial score (nSPS) is 10.8. The van der Waals surface area contributed by atoms with Gasteiger partial charge in [-0.05, 0) is 0 Å². The van der Waals surface area contributed by atoms with E-state index in [4.69, 9.17) is 4.74 Å². The predicted molar refractivity (Wildman–Crippen MR) is 94.9 cm³/mol. The zero-order chi connectivity index (χ0) is 16.9. The number of benzene rings is 1. The molecule has 2 heterocycles. The van der Waals surface area contributed by atoms with Gasteiger partial charge in [-0.1, -0.05) is 30.3 Å². The monoisotopic (exact) mass is 342 g/mol. The Morgan fingerprint density at radius 2 is 2.12 bits per heavy atom. The smallest absolute Gasteiger partial charge is 0.228 e. The molecule has 3 rings (SSSR count). The lowest BCUT2D eigenvalue weighted by molar-refractivity contribution is -0.117. The van der Waals surface area contributed by atoms with E-state index < -0.39 is 0 Å². The maximum absolute atomic E-state index is 11.8. The van der Waals surface area contributed by atoms with Crippen LogP contribution in [0.1, 0.15) is 6.42 Å². The summed E-state index contributed by atoms with van der Waals surface area (Å²) < 4.78 is 6.68. The van der Waals surface area contributed by atoms with Crippen molar-refractivity contribution in [1.29, 1.82) is 0 Å². The quantitative estimate of drug-likeness (QED) is 0.747. The molecule has 0 aliphatic rings. The van der Waals surface area contributed by atoms with Gasteiger partial charge in [0.15, 0.2) is 5.13 Å². The molecule has 0 unspecified atom stereocenters. The predicted octanol–water partition coefficient (Wildman–Crippen LogP) is 3.19. The first-order valence-corrected chi connectivity index (χ1v) is 8.39. The van der Waals surface area contributed by atoms with Crippen LogP contribution in [0.4, 0.5) is 5.13 Å². The molecule has 6 nitrogen and oxygen atoms in total. The third kappa shape index (κ3) is 3.69. The number of hydrogen-bond acceptors (Lipinski definition) is 5. The molecule has 0 saturated carbocycles. The lowest BCUT2D eigenvalue weighted by Gasteiger charge is -2.01. The number of carbonyl (C=O) groups excluding carboxylic acids is 1. The van der Waals surface area contributed by atoms with Crippen molar-refractivity contribution < 1.29 is 9.53 Å². The largest absolute Gasteiger partial charge is 0.384 e. The Balaban J connectivity index is 1.84. The second-order valence-corrected chi connectivity index (χ2v) is 6.12. The summed E-state index contributed by atoms with van der Waals surface area (Å²) in [7, 11) is 3.46. The van der Waals surface area contributed by atoms with E-state index in [1.165, 1.54) is 11.3 Å². The summed E-state index contributed by atoms with van der Waals surface area (Å²) in [6.07, 6.45) is 2.25. The summed E-state index contributed by atoms with van der Waals surface area (Å²) in [5, 5.41) is 9.84. The molecule has 124 valence electrons. The van der Waals surface area contributed by atoms with E-state index in [9.17, 15) is 4.79 Å². The van der Waals surface area contributed by atoms with E-state index in [0.29, 0.717) is 18.2 Å². The number of thiazole rings is 1. The van der Waals surface area contributed by atoms with Crippen molar-refractivity contribution in [3.63, 3.8) is 0 Å². The van der Waals surface area contributed by atoms with Crippen LogP contribution in [0.15, 0.2) is 41.9 Å². The molecule has 0 aliphatic heterocycles. The Morgan fingerprint density at radius 3 is 2.88 bits per heavy atom. The summed E-state index contributed by atoms with van der Waals surface area (Å²) in [6, 6.07) is 9.98. The van der Waals surface area contributed by atoms with E-state index >= 15 is 0 Å². The SMILES string of the molecule is COCCC(=O)Nc1nc(-c2cn(C)nc2-c2ccccc2)cs1. The van der Waals surface area contributed by atoms with Gasteiger partial charge in [0.05, 0.1) is 18.7 Å². The minimum Gasteiger partial charge on any atom is -0.384 e. The summed E-state index contributed by atoms with van der Waals surface area (Å²) in [6.45, 7) is 0.394. The van der Waals surface area contributed by atoms with Crippen molar-refractivity contribution in [2.75, 3.05) is 19.0 Å². The fraction of sp³-hybridized carbons (Fsp3) is 0.235. The van der Waals surface area contributed by atoms with Gasteiger partial charge in [-0.3, -0.25) is 9.48 Å². The van der Waals surface area contributed by atoms with E-state index in [-0.39, 0.29) is 5.91 Å². The van der Waals surface area contributed by atoms with Gasteiger partial charge >= 0.3 is 0 Å². The third-order valence-electron chi connectivity index (χ3n) is 3.44. The van der Waals surface area contributed by atoms with Crippen LogP contribution in [0.3, 0.4) is 0 Å². The summed E-state index contributed by atoms with van der Waals surface area (Å²) >= 11 is 1.40. The molecule has 0 radical (unpaired) electrons. The second kappa shape index (κ2) is 7.37. The van der Waals surface area contributed by atoms with Gasteiger partial charge in [0, 0.05) is 36.9 Å². The lowest BCUT2D eigenvalue weighted by Crippen LogP contribution is -2.13. The number of rotatable bonds is 6. The first-order chi connectivity index (χ1) is 11.7. The molecule has 24 heavy (non-hydrogen) atoms. The average Bonchev–Trinajstić information content (AvgIpc) is 3.20. The Hall–Kier alpha value is -2.51. The molecule has 2 aromatic heterocycles. The number of amides is 1. The number of anilines is 1. The zero-order valence-corrected chi connectivity index (χ0v) is 14.3. The van der Waals surface area contributed by atoms with Crippen LogP contribution in [-0.2, 0) is 16.6 Å². The molecule has 3 aromatic rings. The molecule has 0 saturated heterocycles. The number of nitrogens with zero attached hydrogens (tertiary/aromatic N) is 3. The van der Waals surface area contributed by atoms with Gasteiger partial charge in [0.1, 0.15) is 5.69 Å². The van der Waals surface area contributed by atoms with Crippen molar-refractivity contribution in [3.05, 3.63) is 41.9 Å². The minimum atomic E-state index is -0.104. The van der Waals surface area contributed by atoms with Gasteiger partial charge in [-0.25, -0.2) is 4.98 Å². The van der Waals surface area contributed by atoms with Crippen LogP contribution in [0.2, 0.25) is 0 Å². The third-order valence-corrected chi connectivity index (χ3v) is 4.19. The second-order valence-electron chi connectivity index (χ2n) is 5.26. The molecular formula is C17H18N4O2S. The van der Waals surface area contributed by atoms with Gasteiger partial charge in [-0.15, -0.1) is 11.3 Å². The van der Waals surface area contributed by atoms with Gasteiger partial charge in [0.25, 0.3) is 0 Å². The number of methoxy groups -OCH3 is 1. The zero-order valence-electron chi connectivity index (χ0n) is 13.5. The van der Waals surface area contributed by atoms with Gasteiger partial charge in [-0.2, -0.15) is 5.10 Å². The molecular weight excluding hydrogens is 324 g/mol. The van der Waals surface area contributed by atoms with Crippen LogP contribution >= 0.6 is 11.3 Å². The van der Waals surface area contributed by atoms with Crippen LogP contribution in [0, 0.1) is 0 Å². The van der Waals surface area contributed by atoms with Crippen molar-refractivity contribution in [3.8, 4) is 22.5 Å². The van der Waals surface area contributed by atoms with Crippen molar-refractivity contribution in [2.24, 2.45) is 7.05 Å². The lowest BCUT2D eigenvalue weighted by atomic mass is 10.1. The molecule has 7 heteroatoms. The Kier molecular flexibility index (Phi) is 5.02. The standard InChI is InChI=1S/C17H18N4O2S/c1-21-10-13(16(20-21)12-6-4-3-5-7-12)14-11-24-17(18-14)19-15(22)8-9-23-2/h3-7,10-11H,8-9H2,1-2H3,(H,18,19,22). The van der Waals surface area contributed by atoms with E-state index in [1.807, 2.05) is 49.0 Å². The van der Waals surface area contributed by atoms with Crippen LogP contribution < -0.4 is 5.32 Å². The van der Waals surface area contributed by atoms with Gasteiger partial charge < -0.3 is 10.1 Å². The highest BCUT2D eigenvalue weighted by atomic mass is 32.1. The van der Waals surface area contributed by atoms with Gasteiger partial charge in [0.2, 0.25) is 5.91 Å². The first kappa shape index (κ1) is 16.4. The molecule has 1 amide bonds. The fourth-order valence-corrected chi connectivity index (χ4v) is 3.04. The Morgan fingerprint density at radius 1 is 1.33 bits per heavy atom. The van der Waals surface area contributed by atoms with E-state index in [0.717, 1.165) is 22.5 Å². The van der Waals surface area contributed by atoms with Crippen molar-refractivity contribution in [2.45, 2.75) is 6.42 Å². The highest BCUT2D eigenvalue weighted by molar-refractivity contribution is 7.14. The summed E-state index contributed by atoms with van der Waals surface area (Å²) in [4.78, 5) is 16.3. The summed E-state index contributed by atoms with van der Waals surface area (Å²) in [5.41, 5.74) is 3.65. The highest BCUT2D eigenvalue weighted by Gasteiger charge is 2.15. The topological polar surface area (TPSA) is 69.0 Å². The van der Waals surface area contributed by atoms with Crippen molar-refractivity contribution in [1.82, 2.24) is 14.8 Å². The van der Waals surface area contributed by atoms with Crippen LogP contribution in [-0.4, -0.2) is 34.4 Å². The Bertz CT molecular complexity index is 826. The number of nitrogens with one attached hydrogen (secondary N) is 1. The first-order valence-electron chi connectivity index (χ1n) is 7.51. The number of ether oxygens (including phenoxy) is 1. The number of aromatic nitrogens is 3. The molecule has 0 fully saturated rings. The number of carbonyl (C=O) groups is 1. The average molecular weight is 342 g/mol. The molecule has 1 N–H and O–H groups in total. The fourth-order valence-electron chi connectivity index (χ4n) is 2.32. The van der Waals surface area contributed by atoms with Crippen molar-refractivity contribution >= 4 is 22.4 Å². The molecule has 0 aliphatic carbocycles. The number of hydrogen-bond donors (Lipinski definition) is 1. The molecule has 0 spiro atoms. The van der Waals surface area contributed by atoms with Crippen LogP contribution in [0.5, 0.6) is 0 Å². The van der Waals surface area contributed by atoms with E-state index in [1.54, 1.807) is 11.8 Å². The Labute approximate surface area is 144 Å². The molecule has 0 bridgehead atoms. The molecule has 0 atom stereocenters. The van der Waals surface area contributed by atoms with E-state index in [2.05, 4.69) is 15.4 Å². The maximum atomic E-state index is 11.8. The maximum Gasteiger partial charge on any atom is 0.228 e. The van der Waals surface area contributed by atoms with Crippen LogP contribution in [0.25, 0.3) is 22.5 Å².